The smallest absolute Gasteiger partial charge is 0.127 e. The Morgan fingerprint density at radius 3 is 2.70 bits per heavy atom. The summed E-state index contributed by atoms with van der Waals surface area (Å²) in [5.41, 5.74) is 1.15. The van der Waals surface area contributed by atoms with Crippen LogP contribution in [-0.4, -0.2) is 27.0 Å². The quantitative estimate of drug-likeness (QED) is 0.788. The van der Waals surface area contributed by atoms with Gasteiger partial charge in [0.15, 0.2) is 0 Å². The van der Waals surface area contributed by atoms with Crippen LogP contribution in [0.4, 0.5) is 0 Å². The fourth-order valence-electron chi connectivity index (χ4n) is 1.95. The zero-order valence-electron chi connectivity index (χ0n) is 11.9. The maximum absolute atomic E-state index is 5.48. The summed E-state index contributed by atoms with van der Waals surface area (Å²) in [6.07, 6.45) is 0. The van der Waals surface area contributed by atoms with Gasteiger partial charge in [-0.15, -0.1) is 23.1 Å². The lowest BCUT2D eigenvalue weighted by Gasteiger charge is -2.19. The molecular formula is C15H19NO2S2. The van der Waals surface area contributed by atoms with E-state index in [-0.39, 0.29) is 6.04 Å². The number of hydrogen-bond donors (Lipinski definition) is 1. The largest absolute Gasteiger partial charge is 0.497 e. The Hall–Kier alpha value is -1.17. The van der Waals surface area contributed by atoms with Crippen molar-refractivity contribution in [1.82, 2.24) is 5.32 Å². The molecule has 0 saturated carbocycles. The minimum atomic E-state index is 0.239. The van der Waals surface area contributed by atoms with E-state index in [0.29, 0.717) is 0 Å². The molecule has 108 valence electrons. The van der Waals surface area contributed by atoms with Crippen LogP contribution in [0.1, 0.15) is 11.6 Å². The predicted molar refractivity (Wildman–Crippen MR) is 86.4 cm³/mol. The van der Waals surface area contributed by atoms with Gasteiger partial charge >= 0.3 is 0 Å². The Balaban J connectivity index is 2.13. The number of rotatable bonds is 7. The van der Waals surface area contributed by atoms with E-state index in [0.717, 1.165) is 22.8 Å². The number of hydrogen-bond acceptors (Lipinski definition) is 5. The van der Waals surface area contributed by atoms with Crippen molar-refractivity contribution in [3.63, 3.8) is 0 Å². The summed E-state index contributed by atoms with van der Waals surface area (Å²) in [7, 11) is 5.33. The number of benzene rings is 1. The van der Waals surface area contributed by atoms with Crippen molar-refractivity contribution in [2.75, 3.05) is 27.0 Å². The van der Waals surface area contributed by atoms with Gasteiger partial charge in [-0.25, -0.2) is 0 Å². The Morgan fingerprint density at radius 2 is 2.10 bits per heavy atom. The summed E-state index contributed by atoms with van der Waals surface area (Å²) in [4.78, 5) is 0. The standard InChI is InChI=1S/C15H19NO2S2/c1-16-13(10-20-15-5-4-8-19-15)12-7-6-11(17-2)9-14(12)18-3/h4-9,13,16H,10H2,1-3H3. The summed E-state index contributed by atoms with van der Waals surface area (Å²) in [5.74, 6) is 2.63. The van der Waals surface area contributed by atoms with Gasteiger partial charge in [-0.3, -0.25) is 0 Å². The highest BCUT2D eigenvalue weighted by Gasteiger charge is 2.15. The lowest BCUT2D eigenvalue weighted by Crippen LogP contribution is -2.19. The Labute approximate surface area is 128 Å². The average Bonchev–Trinajstić information content (AvgIpc) is 3.01. The van der Waals surface area contributed by atoms with E-state index in [1.807, 2.05) is 30.9 Å². The molecular weight excluding hydrogens is 290 g/mol. The fraction of sp³-hybridized carbons (Fsp3) is 0.333. The molecule has 0 spiro atoms. The molecule has 0 amide bonds. The second-order valence-corrected chi connectivity index (χ2v) is 6.46. The number of thioether (sulfide) groups is 1. The van der Waals surface area contributed by atoms with Crippen molar-refractivity contribution in [1.29, 1.82) is 0 Å². The maximum atomic E-state index is 5.48. The monoisotopic (exact) mass is 309 g/mol. The van der Waals surface area contributed by atoms with Crippen LogP contribution in [0.2, 0.25) is 0 Å². The van der Waals surface area contributed by atoms with Crippen LogP contribution in [0.25, 0.3) is 0 Å². The Kier molecular flexibility index (Phi) is 5.76. The zero-order chi connectivity index (χ0) is 14.4. The molecule has 1 unspecified atom stereocenters. The molecule has 0 bridgehead atoms. The summed E-state index contributed by atoms with van der Waals surface area (Å²) < 4.78 is 12.1. The highest BCUT2D eigenvalue weighted by atomic mass is 32.2. The predicted octanol–water partition coefficient (Wildman–Crippen LogP) is 3.82. The van der Waals surface area contributed by atoms with Crippen LogP contribution in [0.5, 0.6) is 11.5 Å². The third-order valence-corrected chi connectivity index (χ3v) is 5.28. The molecule has 1 aromatic heterocycles. The van der Waals surface area contributed by atoms with E-state index in [1.54, 1.807) is 25.6 Å². The van der Waals surface area contributed by atoms with E-state index in [2.05, 4.69) is 28.9 Å². The van der Waals surface area contributed by atoms with Gasteiger partial charge in [0, 0.05) is 23.4 Å². The molecule has 1 aromatic carbocycles. The van der Waals surface area contributed by atoms with Crippen LogP contribution in [-0.2, 0) is 0 Å². The van der Waals surface area contributed by atoms with Gasteiger partial charge in [0.25, 0.3) is 0 Å². The minimum Gasteiger partial charge on any atom is -0.497 e. The molecule has 0 saturated heterocycles. The molecule has 0 aliphatic rings. The topological polar surface area (TPSA) is 30.5 Å². The highest BCUT2D eigenvalue weighted by Crippen LogP contribution is 2.33. The van der Waals surface area contributed by atoms with Crippen LogP contribution in [0.15, 0.2) is 39.9 Å². The number of ether oxygens (including phenoxy) is 2. The number of thiophene rings is 1. The normalized spacial score (nSPS) is 12.2. The first-order valence-electron chi connectivity index (χ1n) is 6.34. The van der Waals surface area contributed by atoms with Crippen LogP contribution >= 0.6 is 23.1 Å². The lowest BCUT2D eigenvalue weighted by atomic mass is 10.1. The van der Waals surface area contributed by atoms with E-state index < -0.39 is 0 Å². The van der Waals surface area contributed by atoms with E-state index in [4.69, 9.17) is 9.47 Å². The van der Waals surface area contributed by atoms with Gasteiger partial charge in [0.1, 0.15) is 11.5 Å². The molecule has 1 heterocycles. The second kappa shape index (κ2) is 7.57. The van der Waals surface area contributed by atoms with Gasteiger partial charge in [-0.2, -0.15) is 0 Å². The van der Waals surface area contributed by atoms with Crippen molar-refractivity contribution >= 4 is 23.1 Å². The van der Waals surface area contributed by atoms with Crippen LogP contribution in [0.3, 0.4) is 0 Å². The molecule has 5 heteroatoms. The zero-order valence-corrected chi connectivity index (χ0v) is 13.5. The van der Waals surface area contributed by atoms with Crippen molar-refractivity contribution < 1.29 is 9.47 Å². The molecule has 1 N–H and O–H groups in total. The maximum Gasteiger partial charge on any atom is 0.127 e. The van der Waals surface area contributed by atoms with E-state index in [9.17, 15) is 0 Å². The average molecular weight is 309 g/mol. The van der Waals surface area contributed by atoms with Gasteiger partial charge in [-0.05, 0) is 24.6 Å². The van der Waals surface area contributed by atoms with Crippen molar-refractivity contribution in [2.24, 2.45) is 0 Å². The summed E-state index contributed by atoms with van der Waals surface area (Å²) in [5, 5.41) is 5.46. The molecule has 3 nitrogen and oxygen atoms in total. The molecule has 2 aromatic rings. The first-order valence-corrected chi connectivity index (χ1v) is 8.20. The van der Waals surface area contributed by atoms with Gasteiger partial charge in [0.2, 0.25) is 0 Å². The summed E-state index contributed by atoms with van der Waals surface area (Å²) in [6.45, 7) is 0. The van der Waals surface area contributed by atoms with E-state index in [1.165, 1.54) is 4.21 Å². The number of methoxy groups -OCH3 is 2. The van der Waals surface area contributed by atoms with Crippen LogP contribution in [0, 0.1) is 0 Å². The van der Waals surface area contributed by atoms with Crippen LogP contribution < -0.4 is 14.8 Å². The summed E-state index contributed by atoms with van der Waals surface area (Å²) in [6, 6.07) is 10.4. The third-order valence-electron chi connectivity index (χ3n) is 3.05. The minimum absolute atomic E-state index is 0.239. The molecule has 0 aliphatic heterocycles. The van der Waals surface area contributed by atoms with Crippen molar-refractivity contribution in [3.8, 4) is 11.5 Å². The Bertz CT molecular complexity index is 529. The van der Waals surface area contributed by atoms with E-state index >= 15 is 0 Å². The first-order chi connectivity index (χ1) is 9.78. The van der Waals surface area contributed by atoms with Gasteiger partial charge < -0.3 is 14.8 Å². The second-order valence-electron chi connectivity index (χ2n) is 4.19. The van der Waals surface area contributed by atoms with Crippen molar-refractivity contribution in [2.45, 2.75) is 10.3 Å². The molecule has 2 rings (SSSR count). The summed E-state index contributed by atoms with van der Waals surface area (Å²) >= 11 is 3.62. The SMILES string of the molecule is CNC(CSc1cccs1)c1ccc(OC)cc1OC. The molecule has 20 heavy (non-hydrogen) atoms. The van der Waals surface area contributed by atoms with Gasteiger partial charge in [0.05, 0.1) is 18.4 Å². The number of nitrogens with one attached hydrogen (secondary N) is 1. The first kappa shape index (κ1) is 15.2. The molecule has 1 atom stereocenters. The fourth-order valence-corrected chi connectivity index (χ4v) is 3.89. The van der Waals surface area contributed by atoms with Crippen molar-refractivity contribution in [3.05, 3.63) is 41.3 Å². The third kappa shape index (κ3) is 3.69. The Morgan fingerprint density at radius 1 is 1.25 bits per heavy atom. The molecule has 0 radical (unpaired) electrons. The lowest BCUT2D eigenvalue weighted by molar-refractivity contribution is 0.387. The van der Waals surface area contributed by atoms with Gasteiger partial charge in [-0.1, -0.05) is 12.1 Å². The molecule has 0 aliphatic carbocycles. The molecule has 0 fully saturated rings. The highest BCUT2D eigenvalue weighted by molar-refractivity contribution is 8.01.